The van der Waals surface area contributed by atoms with Crippen molar-refractivity contribution in [2.24, 2.45) is 0 Å². The molecule has 0 aromatic carbocycles. The molecule has 5 heteroatoms. The molecule has 2 heterocycles. The maximum absolute atomic E-state index is 5.81. The molecule has 0 aliphatic heterocycles. The summed E-state index contributed by atoms with van der Waals surface area (Å²) in [4.78, 5) is 3.94. The second-order valence-corrected chi connectivity index (χ2v) is 3.27. The Balaban J connectivity index is 0.00000112. The standard InChI is InChI=1S/C10H12N4.ClH/c1-7-5-8(2)14(13-7)10-3-4-12-6-9(10)11;/h3-6H,11H2,1-2H3;1H. The summed E-state index contributed by atoms with van der Waals surface area (Å²) in [6.07, 6.45) is 3.34. The first-order valence-electron chi connectivity index (χ1n) is 4.41. The molecular formula is C10H13ClN4. The van der Waals surface area contributed by atoms with Crippen molar-refractivity contribution in [2.45, 2.75) is 13.8 Å². The van der Waals surface area contributed by atoms with E-state index in [2.05, 4.69) is 10.1 Å². The zero-order valence-corrected chi connectivity index (χ0v) is 9.45. The molecule has 0 aliphatic carbocycles. The van der Waals surface area contributed by atoms with Crippen LogP contribution in [0, 0.1) is 13.8 Å². The van der Waals surface area contributed by atoms with Crippen LogP contribution in [0.5, 0.6) is 0 Å². The van der Waals surface area contributed by atoms with Crippen LogP contribution in [0.15, 0.2) is 24.5 Å². The first kappa shape index (κ1) is 11.5. The number of aryl methyl sites for hydroxylation is 2. The predicted molar refractivity (Wildman–Crippen MR) is 62.5 cm³/mol. The van der Waals surface area contributed by atoms with Crippen molar-refractivity contribution in [1.82, 2.24) is 14.8 Å². The minimum atomic E-state index is 0. The molecule has 15 heavy (non-hydrogen) atoms. The molecule has 0 amide bonds. The quantitative estimate of drug-likeness (QED) is 0.805. The Hall–Kier alpha value is -1.55. The third-order valence-electron chi connectivity index (χ3n) is 2.07. The number of hydrogen-bond acceptors (Lipinski definition) is 3. The third kappa shape index (κ3) is 2.10. The highest BCUT2D eigenvalue weighted by Gasteiger charge is 2.05. The van der Waals surface area contributed by atoms with E-state index >= 15 is 0 Å². The zero-order valence-electron chi connectivity index (χ0n) is 8.64. The van der Waals surface area contributed by atoms with Crippen LogP contribution in [-0.4, -0.2) is 14.8 Å². The number of aromatic nitrogens is 3. The molecule has 2 aromatic heterocycles. The number of nitrogens with two attached hydrogens (primary N) is 1. The second kappa shape index (κ2) is 4.31. The van der Waals surface area contributed by atoms with Crippen LogP contribution in [0.25, 0.3) is 5.69 Å². The third-order valence-corrected chi connectivity index (χ3v) is 2.07. The van der Waals surface area contributed by atoms with Gasteiger partial charge in [0.2, 0.25) is 0 Å². The lowest BCUT2D eigenvalue weighted by atomic mass is 10.3. The van der Waals surface area contributed by atoms with Gasteiger partial charge in [0.15, 0.2) is 0 Å². The Kier molecular flexibility index (Phi) is 3.31. The fourth-order valence-corrected chi connectivity index (χ4v) is 1.46. The van der Waals surface area contributed by atoms with Gasteiger partial charge in [-0.25, -0.2) is 4.68 Å². The molecule has 0 radical (unpaired) electrons. The molecule has 2 N–H and O–H groups in total. The van der Waals surface area contributed by atoms with E-state index in [0.29, 0.717) is 5.69 Å². The summed E-state index contributed by atoms with van der Waals surface area (Å²) in [5.74, 6) is 0. The number of rotatable bonds is 1. The van der Waals surface area contributed by atoms with Gasteiger partial charge in [-0.15, -0.1) is 12.4 Å². The number of pyridine rings is 1. The van der Waals surface area contributed by atoms with Crippen molar-refractivity contribution in [2.75, 3.05) is 5.73 Å². The van der Waals surface area contributed by atoms with Crippen molar-refractivity contribution in [3.63, 3.8) is 0 Å². The average Bonchev–Trinajstić information content (AvgIpc) is 2.46. The Morgan fingerprint density at radius 2 is 2.07 bits per heavy atom. The summed E-state index contributed by atoms with van der Waals surface area (Å²) in [6.45, 7) is 3.96. The summed E-state index contributed by atoms with van der Waals surface area (Å²) in [5.41, 5.74) is 9.38. The zero-order chi connectivity index (χ0) is 10.1. The SMILES string of the molecule is Cc1cc(C)n(-c2ccncc2N)n1.Cl. The second-order valence-electron chi connectivity index (χ2n) is 3.27. The summed E-state index contributed by atoms with van der Waals surface area (Å²) < 4.78 is 1.83. The molecule has 2 rings (SSSR count). The van der Waals surface area contributed by atoms with Crippen molar-refractivity contribution < 1.29 is 0 Å². The lowest BCUT2D eigenvalue weighted by Crippen LogP contribution is -2.03. The van der Waals surface area contributed by atoms with Gasteiger partial charge in [0.05, 0.1) is 23.3 Å². The fraction of sp³-hybridized carbons (Fsp3) is 0.200. The Morgan fingerprint density at radius 1 is 1.33 bits per heavy atom. The molecule has 2 aromatic rings. The van der Waals surface area contributed by atoms with E-state index < -0.39 is 0 Å². The molecule has 0 spiro atoms. The number of nitrogens with zero attached hydrogens (tertiary/aromatic N) is 3. The number of anilines is 1. The van der Waals surface area contributed by atoms with Crippen LogP contribution in [0.2, 0.25) is 0 Å². The Labute approximate surface area is 94.5 Å². The van der Waals surface area contributed by atoms with E-state index in [1.54, 1.807) is 12.4 Å². The van der Waals surface area contributed by atoms with Crippen molar-refractivity contribution in [1.29, 1.82) is 0 Å². The normalized spacial score (nSPS) is 9.73. The van der Waals surface area contributed by atoms with Gasteiger partial charge < -0.3 is 5.73 Å². The van der Waals surface area contributed by atoms with Crippen LogP contribution in [0.1, 0.15) is 11.4 Å². The van der Waals surface area contributed by atoms with Gasteiger partial charge in [-0.2, -0.15) is 5.10 Å². The van der Waals surface area contributed by atoms with E-state index in [-0.39, 0.29) is 12.4 Å². The highest BCUT2D eigenvalue weighted by Crippen LogP contribution is 2.16. The summed E-state index contributed by atoms with van der Waals surface area (Å²) in [5, 5.41) is 4.35. The first-order chi connectivity index (χ1) is 6.68. The van der Waals surface area contributed by atoms with E-state index in [9.17, 15) is 0 Å². The van der Waals surface area contributed by atoms with Crippen LogP contribution in [0.3, 0.4) is 0 Å². The number of hydrogen-bond donors (Lipinski definition) is 1. The fourth-order valence-electron chi connectivity index (χ4n) is 1.46. The maximum atomic E-state index is 5.81. The average molecular weight is 225 g/mol. The topological polar surface area (TPSA) is 56.7 Å². The van der Waals surface area contributed by atoms with Gasteiger partial charge in [0.1, 0.15) is 0 Å². The van der Waals surface area contributed by atoms with Crippen LogP contribution in [0.4, 0.5) is 5.69 Å². The van der Waals surface area contributed by atoms with E-state index in [4.69, 9.17) is 5.73 Å². The van der Waals surface area contributed by atoms with E-state index in [1.807, 2.05) is 30.7 Å². The minimum Gasteiger partial charge on any atom is -0.396 e. The van der Waals surface area contributed by atoms with Crippen molar-refractivity contribution in [3.8, 4) is 5.69 Å². The highest BCUT2D eigenvalue weighted by atomic mass is 35.5. The maximum Gasteiger partial charge on any atom is 0.0909 e. The molecule has 0 fully saturated rings. The number of nitrogen functional groups attached to an aromatic ring is 1. The van der Waals surface area contributed by atoms with Gasteiger partial charge in [-0.1, -0.05) is 0 Å². The van der Waals surface area contributed by atoms with E-state index in [0.717, 1.165) is 17.1 Å². The molecule has 0 aliphatic rings. The summed E-state index contributed by atoms with van der Waals surface area (Å²) in [7, 11) is 0. The van der Waals surface area contributed by atoms with Crippen LogP contribution in [-0.2, 0) is 0 Å². The molecule has 0 unspecified atom stereocenters. The molecular weight excluding hydrogens is 212 g/mol. The first-order valence-corrected chi connectivity index (χ1v) is 4.41. The van der Waals surface area contributed by atoms with Gasteiger partial charge in [-0.3, -0.25) is 4.98 Å². The molecule has 0 saturated heterocycles. The molecule has 0 atom stereocenters. The van der Waals surface area contributed by atoms with Crippen molar-refractivity contribution in [3.05, 3.63) is 35.9 Å². The van der Waals surface area contributed by atoms with Crippen LogP contribution < -0.4 is 5.73 Å². The molecule has 0 saturated carbocycles. The van der Waals surface area contributed by atoms with Gasteiger partial charge in [-0.05, 0) is 26.0 Å². The van der Waals surface area contributed by atoms with Gasteiger partial charge >= 0.3 is 0 Å². The van der Waals surface area contributed by atoms with Crippen molar-refractivity contribution >= 4 is 18.1 Å². The Morgan fingerprint density at radius 3 is 2.60 bits per heavy atom. The number of halogens is 1. The minimum absolute atomic E-state index is 0. The monoisotopic (exact) mass is 224 g/mol. The molecule has 4 nitrogen and oxygen atoms in total. The van der Waals surface area contributed by atoms with Crippen LogP contribution >= 0.6 is 12.4 Å². The van der Waals surface area contributed by atoms with Gasteiger partial charge in [0, 0.05) is 11.9 Å². The smallest absolute Gasteiger partial charge is 0.0909 e. The molecule has 80 valence electrons. The lowest BCUT2D eigenvalue weighted by molar-refractivity contribution is 0.834. The highest BCUT2D eigenvalue weighted by molar-refractivity contribution is 5.85. The predicted octanol–water partition coefficient (Wildman–Crippen LogP) is 1.89. The molecule has 0 bridgehead atoms. The summed E-state index contributed by atoms with van der Waals surface area (Å²) in [6, 6.07) is 3.87. The largest absolute Gasteiger partial charge is 0.396 e. The van der Waals surface area contributed by atoms with E-state index in [1.165, 1.54) is 0 Å². The lowest BCUT2D eigenvalue weighted by Gasteiger charge is -2.06. The Bertz CT molecular complexity index is 464. The van der Waals surface area contributed by atoms with Gasteiger partial charge in [0.25, 0.3) is 0 Å². The summed E-state index contributed by atoms with van der Waals surface area (Å²) >= 11 is 0.